The molecule has 2 saturated heterocycles. The van der Waals surface area contributed by atoms with Crippen molar-refractivity contribution in [1.29, 1.82) is 0 Å². The third-order valence-corrected chi connectivity index (χ3v) is 6.43. The Balaban J connectivity index is 1.43. The predicted octanol–water partition coefficient (Wildman–Crippen LogP) is 2.34. The van der Waals surface area contributed by atoms with E-state index in [0.717, 1.165) is 56.8 Å². The molecule has 2 aliphatic carbocycles. The molecule has 2 aliphatic heterocycles. The van der Waals surface area contributed by atoms with E-state index in [9.17, 15) is 0 Å². The largest absolute Gasteiger partial charge is 0.378 e. The molecule has 2 saturated carbocycles. The predicted molar refractivity (Wildman–Crippen MR) is 73.8 cm³/mol. The molecule has 0 aromatic carbocycles. The Morgan fingerprint density at radius 1 is 1.11 bits per heavy atom. The molecule has 0 aromatic rings. The van der Waals surface area contributed by atoms with Gasteiger partial charge in [0.15, 0.2) is 0 Å². The van der Waals surface area contributed by atoms with Crippen LogP contribution in [0.4, 0.5) is 0 Å². The van der Waals surface area contributed by atoms with Crippen molar-refractivity contribution >= 4 is 0 Å². The van der Waals surface area contributed by atoms with E-state index in [-0.39, 0.29) is 5.60 Å². The topological polar surface area (TPSA) is 44.5 Å². The summed E-state index contributed by atoms with van der Waals surface area (Å²) in [6.07, 6.45) is 9.17. The molecule has 2 heterocycles. The Morgan fingerprint density at radius 3 is 2.74 bits per heavy atom. The quantitative estimate of drug-likeness (QED) is 0.833. The van der Waals surface area contributed by atoms with Crippen LogP contribution in [0.3, 0.4) is 0 Å². The molecule has 4 aliphatic rings. The molecule has 2 N–H and O–H groups in total. The molecule has 4 fully saturated rings. The Morgan fingerprint density at radius 2 is 2.05 bits per heavy atom. The van der Waals surface area contributed by atoms with Gasteiger partial charge in [0, 0.05) is 25.7 Å². The molecule has 1 spiro atoms. The van der Waals surface area contributed by atoms with E-state index in [0.29, 0.717) is 12.0 Å². The maximum atomic E-state index is 6.69. The fourth-order valence-corrected chi connectivity index (χ4v) is 5.37. The van der Waals surface area contributed by atoms with Crippen LogP contribution in [-0.2, 0) is 9.47 Å². The summed E-state index contributed by atoms with van der Waals surface area (Å²) in [5.41, 5.74) is 6.72. The normalized spacial score (nSPS) is 51.0. The number of fused-ring (bicyclic) bond motifs is 2. The highest BCUT2D eigenvalue weighted by molar-refractivity contribution is 4.99. The highest BCUT2D eigenvalue weighted by Gasteiger charge is 2.47. The number of ether oxygens (including phenoxy) is 2. The molecule has 6 unspecified atom stereocenters. The summed E-state index contributed by atoms with van der Waals surface area (Å²) in [6.45, 7) is 2.56. The fourth-order valence-electron chi connectivity index (χ4n) is 5.37. The zero-order chi connectivity index (χ0) is 12.9. The Labute approximate surface area is 116 Å². The van der Waals surface area contributed by atoms with Gasteiger partial charge in [-0.3, -0.25) is 0 Å². The maximum Gasteiger partial charge on any atom is 0.0939 e. The van der Waals surface area contributed by atoms with E-state index in [4.69, 9.17) is 15.2 Å². The van der Waals surface area contributed by atoms with Crippen molar-refractivity contribution in [2.45, 2.75) is 56.6 Å². The summed E-state index contributed by atoms with van der Waals surface area (Å²) in [7, 11) is 0. The Kier molecular flexibility index (Phi) is 3.13. The zero-order valence-electron chi connectivity index (χ0n) is 11.9. The average Bonchev–Trinajstić information content (AvgIpc) is 3.14. The molecule has 0 amide bonds. The average molecular weight is 265 g/mol. The Bertz CT molecular complexity index is 340. The van der Waals surface area contributed by atoms with Gasteiger partial charge in [-0.05, 0) is 55.8 Å². The first-order valence-electron chi connectivity index (χ1n) is 8.23. The second-order valence-electron chi connectivity index (χ2n) is 7.50. The third-order valence-electron chi connectivity index (χ3n) is 6.43. The highest BCUT2D eigenvalue weighted by atomic mass is 16.6. The summed E-state index contributed by atoms with van der Waals surface area (Å²) in [5, 5.41) is 0. The van der Waals surface area contributed by atoms with Crippen LogP contribution in [0.15, 0.2) is 0 Å². The molecule has 3 nitrogen and oxygen atoms in total. The van der Waals surface area contributed by atoms with Gasteiger partial charge in [0.05, 0.1) is 12.2 Å². The molecular weight excluding hydrogens is 238 g/mol. The zero-order valence-corrected chi connectivity index (χ0v) is 11.9. The van der Waals surface area contributed by atoms with E-state index in [1.54, 1.807) is 0 Å². The SMILES string of the molecule is NC(C1CCOC2(CCOC2)C1)C1CC2CCC1C2. The first-order chi connectivity index (χ1) is 9.26. The van der Waals surface area contributed by atoms with Gasteiger partial charge >= 0.3 is 0 Å². The van der Waals surface area contributed by atoms with Gasteiger partial charge in [0.2, 0.25) is 0 Å². The molecule has 2 bridgehead atoms. The van der Waals surface area contributed by atoms with Crippen LogP contribution in [0.1, 0.15) is 44.9 Å². The van der Waals surface area contributed by atoms with Gasteiger partial charge in [-0.2, -0.15) is 0 Å². The lowest BCUT2D eigenvalue weighted by Crippen LogP contribution is -2.49. The Hall–Kier alpha value is -0.120. The minimum atomic E-state index is 0.0259. The first-order valence-corrected chi connectivity index (χ1v) is 8.23. The molecule has 0 radical (unpaired) electrons. The van der Waals surface area contributed by atoms with E-state index >= 15 is 0 Å². The molecule has 108 valence electrons. The molecule has 4 rings (SSSR count). The second kappa shape index (κ2) is 4.71. The summed E-state index contributed by atoms with van der Waals surface area (Å²) in [4.78, 5) is 0. The minimum Gasteiger partial charge on any atom is -0.378 e. The fraction of sp³-hybridized carbons (Fsp3) is 1.00. The minimum absolute atomic E-state index is 0.0259. The number of nitrogens with two attached hydrogens (primary N) is 1. The lowest BCUT2D eigenvalue weighted by atomic mass is 9.73. The van der Waals surface area contributed by atoms with Crippen LogP contribution in [0.2, 0.25) is 0 Å². The number of rotatable bonds is 2. The molecular formula is C16H27NO2. The summed E-state index contributed by atoms with van der Waals surface area (Å²) < 4.78 is 11.6. The van der Waals surface area contributed by atoms with Crippen LogP contribution in [0, 0.1) is 23.7 Å². The van der Waals surface area contributed by atoms with Crippen molar-refractivity contribution in [3.63, 3.8) is 0 Å². The summed E-state index contributed by atoms with van der Waals surface area (Å²) >= 11 is 0. The summed E-state index contributed by atoms with van der Waals surface area (Å²) in [5.74, 6) is 3.42. The van der Waals surface area contributed by atoms with Crippen LogP contribution in [0.5, 0.6) is 0 Å². The monoisotopic (exact) mass is 265 g/mol. The van der Waals surface area contributed by atoms with Gasteiger partial charge in [0.1, 0.15) is 0 Å². The number of hydrogen-bond donors (Lipinski definition) is 1. The van der Waals surface area contributed by atoms with Crippen molar-refractivity contribution in [1.82, 2.24) is 0 Å². The first kappa shape index (κ1) is 12.6. The van der Waals surface area contributed by atoms with Crippen molar-refractivity contribution in [2.75, 3.05) is 19.8 Å². The van der Waals surface area contributed by atoms with E-state index in [1.165, 1.54) is 25.7 Å². The van der Waals surface area contributed by atoms with Gasteiger partial charge in [-0.25, -0.2) is 0 Å². The highest BCUT2D eigenvalue weighted by Crippen LogP contribution is 2.51. The van der Waals surface area contributed by atoms with Crippen molar-refractivity contribution in [3.8, 4) is 0 Å². The van der Waals surface area contributed by atoms with Gasteiger partial charge in [-0.1, -0.05) is 6.42 Å². The van der Waals surface area contributed by atoms with E-state index < -0.39 is 0 Å². The van der Waals surface area contributed by atoms with Gasteiger partial charge in [-0.15, -0.1) is 0 Å². The van der Waals surface area contributed by atoms with Crippen LogP contribution in [0.25, 0.3) is 0 Å². The van der Waals surface area contributed by atoms with Crippen molar-refractivity contribution in [2.24, 2.45) is 29.4 Å². The standard InChI is InChI=1S/C16H27NO2/c17-15(14-8-11-1-2-12(14)7-11)13-3-5-19-16(9-13)4-6-18-10-16/h11-15H,1-10,17H2. The van der Waals surface area contributed by atoms with Gasteiger partial charge < -0.3 is 15.2 Å². The van der Waals surface area contributed by atoms with Crippen molar-refractivity contribution in [3.05, 3.63) is 0 Å². The van der Waals surface area contributed by atoms with E-state index in [1.807, 2.05) is 0 Å². The third kappa shape index (κ3) is 2.14. The van der Waals surface area contributed by atoms with Crippen LogP contribution < -0.4 is 5.73 Å². The van der Waals surface area contributed by atoms with Crippen LogP contribution in [-0.4, -0.2) is 31.5 Å². The summed E-state index contributed by atoms with van der Waals surface area (Å²) in [6, 6.07) is 0.414. The van der Waals surface area contributed by atoms with Crippen molar-refractivity contribution < 1.29 is 9.47 Å². The van der Waals surface area contributed by atoms with E-state index in [2.05, 4.69) is 0 Å². The number of hydrogen-bond acceptors (Lipinski definition) is 3. The maximum absolute atomic E-state index is 6.69. The molecule has 0 aromatic heterocycles. The smallest absolute Gasteiger partial charge is 0.0939 e. The van der Waals surface area contributed by atoms with Gasteiger partial charge in [0.25, 0.3) is 0 Å². The lowest BCUT2D eigenvalue weighted by molar-refractivity contribution is -0.104. The molecule has 3 heteroatoms. The second-order valence-corrected chi connectivity index (χ2v) is 7.50. The van der Waals surface area contributed by atoms with Crippen LogP contribution >= 0.6 is 0 Å². The molecule has 19 heavy (non-hydrogen) atoms. The molecule has 6 atom stereocenters. The lowest BCUT2D eigenvalue weighted by Gasteiger charge is -2.42.